The average molecular weight is 259 g/mol. The van der Waals surface area contributed by atoms with E-state index in [1.165, 1.54) is 12.4 Å². The van der Waals surface area contributed by atoms with Crippen LogP contribution in [0.25, 0.3) is 0 Å². The fraction of sp³-hybridized carbons (Fsp3) is 0.182. The van der Waals surface area contributed by atoms with Crippen LogP contribution in [0.2, 0.25) is 0 Å². The SMILES string of the molecule is Fc1ccc(NCc2cnc[nH]2)cc1C(F)(F)F. The molecular formula is C11H9F4N3. The molecule has 1 aromatic carbocycles. The molecule has 0 bridgehead atoms. The third-order valence-corrected chi connectivity index (χ3v) is 2.31. The second kappa shape index (κ2) is 4.67. The van der Waals surface area contributed by atoms with Gasteiger partial charge in [0.1, 0.15) is 5.82 Å². The van der Waals surface area contributed by atoms with Gasteiger partial charge in [-0.1, -0.05) is 0 Å². The van der Waals surface area contributed by atoms with Crippen LogP contribution >= 0.6 is 0 Å². The quantitative estimate of drug-likeness (QED) is 0.831. The highest BCUT2D eigenvalue weighted by Crippen LogP contribution is 2.32. The van der Waals surface area contributed by atoms with Crippen molar-refractivity contribution >= 4 is 5.69 Å². The van der Waals surface area contributed by atoms with Crippen LogP contribution in [0.3, 0.4) is 0 Å². The molecule has 0 aliphatic rings. The first kappa shape index (κ1) is 12.4. The van der Waals surface area contributed by atoms with Gasteiger partial charge in [-0.15, -0.1) is 0 Å². The van der Waals surface area contributed by atoms with Gasteiger partial charge in [0, 0.05) is 11.9 Å². The predicted molar refractivity (Wildman–Crippen MR) is 57.3 cm³/mol. The molecule has 1 heterocycles. The van der Waals surface area contributed by atoms with Crippen LogP contribution in [0.1, 0.15) is 11.3 Å². The Morgan fingerprint density at radius 1 is 1.28 bits per heavy atom. The molecule has 0 spiro atoms. The first-order valence-corrected chi connectivity index (χ1v) is 5.04. The molecule has 96 valence electrons. The molecule has 0 aliphatic carbocycles. The van der Waals surface area contributed by atoms with Crippen molar-refractivity contribution in [3.8, 4) is 0 Å². The minimum absolute atomic E-state index is 0.193. The molecule has 0 aliphatic heterocycles. The third-order valence-electron chi connectivity index (χ3n) is 2.31. The van der Waals surface area contributed by atoms with E-state index in [4.69, 9.17) is 0 Å². The van der Waals surface area contributed by atoms with Crippen molar-refractivity contribution in [2.45, 2.75) is 12.7 Å². The smallest absolute Gasteiger partial charge is 0.379 e. The average Bonchev–Trinajstić information content (AvgIpc) is 2.79. The topological polar surface area (TPSA) is 40.7 Å². The van der Waals surface area contributed by atoms with Crippen LogP contribution in [-0.4, -0.2) is 9.97 Å². The second-order valence-electron chi connectivity index (χ2n) is 3.62. The number of alkyl halides is 3. The largest absolute Gasteiger partial charge is 0.419 e. The Morgan fingerprint density at radius 3 is 2.67 bits per heavy atom. The van der Waals surface area contributed by atoms with Gasteiger partial charge in [0.25, 0.3) is 0 Å². The van der Waals surface area contributed by atoms with E-state index < -0.39 is 17.6 Å². The number of nitrogens with zero attached hydrogens (tertiary/aromatic N) is 1. The van der Waals surface area contributed by atoms with Crippen molar-refractivity contribution in [1.29, 1.82) is 0 Å². The minimum Gasteiger partial charge on any atom is -0.379 e. The molecule has 0 saturated heterocycles. The van der Waals surface area contributed by atoms with Crippen molar-refractivity contribution in [2.24, 2.45) is 0 Å². The number of hydrogen-bond acceptors (Lipinski definition) is 2. The molecule has 2 N–H and O–H groups in total. The van der Waals surface area contributed by atoms with Gasteiger partial charge in [-0.2, -0.15) is 13.2 Å². The van der Waals surface area contributed by atoms with E-state index in [-0.39, 0.29) is 12.2 Å². The molecule has 0 amide bonds. The van der Waals surface area contributed by atoms with Gasteiger partial charge in [0.05, 0.1) is 24.1 Å². The number of H-pyrrole nitrogens is 1. The van der Waals surface area contributed by atoms with E-state index in [9.17, 15) is 17.6 Å². The Kier molecular flexibility index (Phi) is 3.22. The zero-order chi connectivity index (χ0) is 13.2. The van der Waals surface area contributed by atoms with Crippen molar-refractivity contribution in [3.05, 3.63) is 47.8 Å². The molecule has 0 radical (unpaired) electrons. The van der Waals surface area contributed by atoms with E-state index in [0.717, 1.165) is 12.1 Å². The third kappa shape index (κ3) is 2.79. The Morgan fingerprint density at radius 2 is 2.06 bits per heavy atom. The van der Waals surface area contributed by atoms with Crippen LogP contribution < -0.4 is 5.32 Å². The summed E-state index contributed by atoms with van der Waals surface area (Å²) in [5, 5.41) is 2.75. The molecule has 0 saturated carbocycles. The highest BCUT2D eigenvalue weighted by Gasteiger charge is 2.34. The molecule has 7 heteroatoms. The number of anilines is 1. The van der Waals surface area contributed by atoms with Crippen LogP contribution in [-0.2, 0) is 12.7 Å². The summed E-state index contributed by atoms with van der Waals surface area (Å²) in [5.74, 6) is -1.28. The van der Waals surface area contributed by atoms with E-state index in [1.807, 2.05) is 0 Å². The Balaban J connectivity index is 2.15. The molecule has 0 unspecified atom stereocenters. The maximum atomic E-state index is 13.0. The fourth-order valence-electron chi connectivity index (χ4n) is 1.43. The van der Waals surface area contributed by atoms with Crippen molar-refractivity contribution in [2.75, 3.05) is 5.32 Å². The normalized spacial score (nSPS) is 11.6. The van der Waals surface area contributed by atoms with Crippen LogP contribution in [0.5, 0.6) is 0 Å². The number of imidazole rings is 1. The standard InChI is InChI=1S/C11H9F4N3/c12-10-2-1-7(3-9(10)11(13,14)15)17-5-8-4-16-6-18-8/h1-4,6,17H,5H2,(H,16,18). The molecule has 2 rings (SSSR count). The number of benzene rings is 1. The van der Waals surface area contributed by atoms with Crippen molar-refractivity contribution < 1.29 is 17.6 Å². The summed E-state index contributed by atoms with van der Waals surface area (Å²) in [5.41, 5.74) is -0.372. The molecule has 0 atom stereocenters. The van der Waals surface area contributed by atoms with Gasteiger partial charge in [-0.3, -0.25) is 0 Å². The van der Waals surface area contributed by atoms with Gasteiger partial charge in [-0.05, 0) is 18.2 Å². The highest BCUT2D eigenvalue weighted by molar-refractivity contribution is 5.47. The van der Waals surface area contributed by atoms with Gasteiger partial charge < -0.3 is 10.3 Å². The lowest BCUT2D eigenvalue weighted by Crippen LogP contribution is -2.09. The van der Waals surface area contributed by atoms with Gasteiger partial charge >= 0.3 is 6.18 Å². The first-order valence-electron chi connectivity index (χ1n) is 5.04. The molecule has 2 aromatic rings. The summed E-state index contributed by atoms with van der Waals surface area (Å²) in [6.07, 6.45) is -1.69. The zero-order valence-electron chi connectivity index (χ0n) is 9.05. The summed E-state index contributed by atoms with van der Waals surface area (Å²) in [7, 11) is 0. The summed E-state index contributed by atoms with van der Waals surface area (Å²) < 4.78 is 50.4. The number of halogens is 4. The number of rotatable bonds is 3. The van der Waals surface area contributed by atoms with Gasteiger partial charge in [-0.25, -0.2) is 9.37 Å². The lowest BCUT2D eigenvalue weighted by atomic mass is 10.2. The van der Waals surface area contributed by atoms with Gasteiger partial charge in [0.2, 0.25) is 0 Å². The summed E-state index contributed by atoms with van der Waals surface area (Å²) >= 11 is 0. The molecular weight excluding hydrogens is 250 g/mol. The number of nitrogens with one attached hydrogen (secondary N) is 2. The molecule has 3 nitrogen and oxygen atoms in total. The summed E-state index contributed by atoms with van der Waals surface area (Å²) in [6, 6.07) is 2.78. The Bertz CT molecular complexity index is 520. The predicted octanol–water partition coefficient (Wildman–Crippen LogP) is 3.18. The van der Waals surface area contributed by atoms with Crippen LogP contribution in [0, 0.1) is 5.82 Å². The second-order valence-corrected chi connectivity index (χ2v) is 3.62. The maximum Gasteiger partial charge on any atom is 0.419 e. The molecule has 1 aromatic heterocycles. The Hall–Kier alpha value is -2.05. The maximum absolute atomic E-state index is 13.0. The van der Waals surface area contributed by atoms with Crippen LogP contribution in [0.15, 0.2) is 30.7 Å². The van der Waals surface area contributed by atoms with E-state index in [2.05, 4.69) is 15.3 Å². The first-order chi connectivity index (χ1) is 8.47. The van der Waals surface area contributed by atoms with Crippen molar-refractivity contribution in [3.63, 3.8) is 0 Å². The zero-order valence-corrected chi connectivity index (χ0v) is 9.05. The van der Waals surface area contributed by atoms with Crippen molar-refractivity contribution in [1.82, 2.24) is 9.97 Å². The number of aromatic amines is 1. The minimum atomic E-state index is -4.70. The van der Waals surface area contributed by atoms with E-state index in [1.54, 1.807) is 6.20 Å². The fourth-order valence-corrected chi connectivity index (χ4v) is 1.43. The lowest BCUT2D eigenvalue weighted by Gasteiger charge is -2.11. The van der Waals surface area contributed by atoms with Crippen LogP contribution in [0.4, 0.5) is 23.2 Å². The monoisotopic (exact) mass is 259 g/mol. The number of aromatic nitrogens is 2. The van der Waals surface area contributed by atoms with Gasteiger partial charge in [0.15, 0.2) is 0 Å². The summed E-state index contributed by atoms with van der Waals surface area (Å²) in [4.78, 5) is 6.56. The molecule has 0 fully saturated rings. The number of hydrogen-bond donors (Lipinski definition) is 2. The Labute approximate surface area is 99.9 Å². The lowest BCUT2D eigenvalue weighted by molar-refractivity contribution is -0.139. The van der Waals surface area contributed by atoms with E-state index in [0.29, 0.717) is 5.69 Å². The molecule has 18 heavy (non-hydrogen) atoms. The summed E-state index contributed by atoms with van der Waals surface area (Å²) in [6.45, 7) is 0.281. The highest BCUT2D eigenvalue weighted by atomic mass is 19.4. The van der Waals surface area contributed by atoms with E-state index >= 15 is 0 Å².